The molecular weight excluding hydrogens is 290 g/mol. The maximum absolute atomic E-state index is 12.1. The van der Waals surface area contributed by atoms with Crippen molar-refractivity contribution in [2.45, 2.75) is 26.8 Å². The predicted molar refractivity (Wildman–Crippen MR) is 82.9 cm³/mol. The molecule has 1 amide bonds. The van der Waals surface area contributed by atoms with Gasteiger partial charge in [0.1, 0.15) is 5.69 Å². The Morgan fingerprint density at radius 3 is 2.76 bits per heavy atom. The Balaban J connectivity index is 2.21. The highest BCUT2D eigenvalue weighted by Gasteiger charge is 2.10. The summed E-state index contributed by atoms with van der Waals surface area (Å²) >= 11 is 6.02. The maximum Gasteiger partial charge on any atom is 0.276 e. The second-order valence-corrected chi connectivity index (χ2v) is 5.11. The average Bonchev–Trinajstić information content (AvgIpc) is 2.45. The first-order valence-corrected chi connectivity index (χ1v) is 7.04. The summed E-state index contributed by atoms with van der Waals surface area (Å²) in [6.07, 6.45) is 0.769. The highest BCUT2D eigenvalue weighted by Crippen LogP contribution is 2.20. The summed E-state index contributed by atoms with van der Waals surface area (Å²) in [5.74, 6) is -0.375. The molecule has 0 atom stereocenters. The van der Waals surface area contributed by atoms with Gasteiger partial charge in [0, 0.05) is 23.3 Å². The molecule has 0 saturated heterocycles. The van der Waals surface area contributed by atoms with Crippen LogP contribution in [0.2, 0.25) is 5.02 Å². The number of nitrogens with zero attached hydrogens (tertiary/aromatic N) is 2. The molecule has 21 heavy (non-hydrogen) atoms. The standard InChI is InChI=1S/C15H16ClN3O2/c1-3-8-19-14(20)7-6-13(18-19)15(21)17-11-5-4-10(2)12(16)9-11/h4-7,9H,3,8H2,1-2H3,(H,17,21). The Bertz CT molecular complexity index is 725. The Hall–Kier alpha value is -2.14. The summed E-state index contributed by atoms with van der Waals surface area (Å²) in [5.41, 5.74) is 1.50. The first kappa shape index (κ1) is 15.3. The second kappa shape index (κ2) is 6.54. The largest absolute Gasteiger partial charge is 0.321 e. The van der Waals surface area contributed by atoms with Crippen LogP contribution >= 0.6 is 11.6 Å². The molecule has 0 spiro atoms. The lowest BCUT2D eigenvalue weighted by atomic mass is 10.2. The lowest BCUT2D eigenvalue weighted by Crippen LogP contribution is -2.26. The molecule has 110 valence electrons. The van der Waals surface area contributed by atoms with Crippen molar-refractivity contribution < 1.29 is 4.79 Å². The van der Waals surface area contributed by atoms with E-state index in [2.05, 4.69) is 10.4 Å². The molecular formula is C15H16ClN3O2. The number of carbonyl (C=O) groups excluding carboxylic acids is 1. The van der Waals surface area contributed by atoms with E-state index in [9.17, 15) is 9.59 Å². The Morgan fingerprint density at radius 2 is 2.10 bits per heavy atom. The number of rotatable bonds is 4. The molecule has 0 bridgehead atoms. The van der Waals surface area contributed by atoms with Gasteiger partial charge >= 0.3 is 0 Å². The van der Waals surface area contributed by atoms with Crippen molar-refractivity contribution in [3.63, 3.8) is 0 Å². The molecule has 5 nitrogen and oxygen atoms in total. The normalized spacial score (nSPS) is 10.4. The third-order valence-electron chi connectivity index (χ3n) is 2.96. The van der Waals surface area contributed by atoms with Gasteiger partial charge in [0.05, 0.1) is 0 Å². The quantitative estimate of drug-likeness (QED) is 0.944. The van der Waals surface area contributed by atoms with Crippen LogP contribution < -0.4 is 10.9 Å². The van der Waals surface area contributed by atoms with Gasteiger partial charge < -0.3 is 5.32 Å². The number of carbonyl (C=O) groups is 1. The molecule has 0 radical (unpaired) electrons. The Kier molecular flexibility index (Phi) is 4.75. The zero-order valence-corrected chi connectivity index (χ0v) is 12.6. The van der Waals surface area contributed by atoms with Gasteiger partial charge in [0.2, 0.25) is 0 Å². The van der Waals surface area contributed by atoms with Gasteiger partial charge in [-0.1, -0.05) is 24.6 Å². The van der Waals surface area contributed by atoms with Gasteiger partial charge in [-0.25, -0.2) is 4.68 Å². The van der Waals surface area contributed by atoms with E-state index in [0.717, 1.165) is 12.0 Å². The van der Waals surface area contributed by atoms with E-state index in [-0.39, 0.29) is 17.2 Å². The minimum absolute atomic E-state index is 0.194. The topological polar surface area (TPSA) is 64.0 Å². The van der Waals surface area contributed by atoms with Gasteiger partial charge in [-0.2, -0.15) is 5.10 Å². The number of hydrogen-bond donors (Lipinski definition) is 1. The number of nitrogens with one attached hydrogen (secondary N) is 1. The maximum atomic E-state index is 12.1. The number of aromatic nitrogens is 2. The Morgan fingerprint density at radius 1 is 1.33 bits per heavy atom. The fourth-order valence-electron chi connectivity index (χ4n) is 1.81. The summed E-state index contributed by atoms with van der Waals surface area (Å²) in [6, 6.07) is 8.03. The van der Waals surface area contributed by atoms with Crippen molar-refractivity contribution in [2.75, 3.05) is 5.32 Å². The molecule has 0 aliphatic heterocycles. The van der Waals surface area contributed by atoms with E-state index in [1.807, 2.05) is 19.9 Å². The summed E-state index contributed by atoms with van der Waals surface area (Å²) in [4.78, 5) is 23.7. The highest BCUT2D eigenvalue weighted by atomic mass is 35.5. The van der Waals surface area contributed by atoms with Crippen molar-refractivity contribution in [3.05, 3.63) is 57.0 Å². The molecule has 1 aromatic carbocycles. The average molecular weight is 306 g/mol. The van der Waals surface area contributed by atoms with Gasteiger partial charge in [-0.05, 0) is 37.1 Å². The lowest BCUT2D eigenvalue weighted by Gasteiger charge is -2.08. The van der Waals surface area contributed by atoms with Crippen LogP contribution in [-0.2, 0) is 6.54 Å². The van der Waals surface area contributed by atoms with Crippen molar-refractivity contribution in [2.24, 2.45) is 0 Å². The molecule has 2 aromatic rings. The van der Waals surface area contributed by atoms with E-state index >= 15 is 0 Å². The third kappa shape index (κ3) is 3.70. The van der Waals surface area contributed by atoms with Crippen LogP contribution in [0.4, 0.5) is 5.69 Å². The monoisotopic (exact) mass is 305 g/mol. The van der Waals surface area contributed by atoms with E-state index in [1.54, 1.807) is 12.1 Å². The number of hydrogen-bond acceptors (Lipinski definition) is 3. The molecule has 0 saturated carbocycles. The van der Waals surface area contributed by atoms with Crippen molar-refractivity contribution in [3.8, 4) is 0 Å². The van der Waals surface area contributed by atoms with Crippen molar-refractivity contribution in [1.82, 2.24) is 9.78 Å². The molecule has 0 aliphatic rings. The molecule has 0 aliphatic carbocycles. The van der Waals surface area contributed by atoms with Crippen LogP contribution in [0.25, 0.3) is 0 Å². The number of benzene rings is 1. The first-order chi connectivity index (χ1) is 10.0. The number of aryl methyl sites for hydroxylation is 2. The Labute approximate surface area is 127 Å². The molecule has 6 heteroatoms. The van der Waals surface area contributed by atoms with E-state index in [4.69, 9.17) is 11.6 Å². The third-order valence-corrected chi connectivity index (χ3v) is 3.37. The zero-order chi connectivity index (χ0) is 15.4. The van der Waals surface area contributed by atoms with E-state index < -0.39 is 0 Å². The highest BCUT2D eigenvalue weighted by molar-refractivity contribution is 6.31. The van der Waals surface area contributed by atoms with Crippen LogP contribution in [0.5, 0.6) is 0 Å². The van der Waals surface area contributed by atoms with Crippen LogP contribution in [-0.4, -0.2) is 15.7 Å². The van der Waals surface area contributed by atoms with Crippen molar-refractivity contribution >= 4 is 23.2 Å². The van der Waals surface area contributed by atoms with E-state index in [0.29, 0.717) is 17.3 Å². The minimum atomic E-state index is -0.375. The van der Waals surface area contributed by atoms with Gasteiger partial charge in [-0.3, -0.25) is 9.59 Å². The summed E-state index contributed by atoms with van der Waals surface area (Å²) in [5, 5.41) is 7.35. The zero-order valence-electron chi connectivity index (χ0n) is 11.9. The summed E-state index contributed by atoms with van der Waals surface area (Å²) < 4.78 is 1.29. The smallest absolute Gasteiger partial charge is 0.276 e. The molecule has 0 fully saturated rings. The number of halogens is 1. The SMILES string of the molecule is CCCn1nc(C(=O)Nc2ccc(C)c(Cl)c2)ccc1=O. The summed E-state index contributed by atoms with van der Waals surface area (Å²) in [6.45, 7) is 4.31. The molecule has 1 aromatic heterocycles. The summed E-state index contributed by atoms with van der Waals surface area (Å²) in [7, 11) is 0. The van der Waals surface area contributed by atoms with Gasteiger partial charge in [0.25, 0.3) is 11.5 Å². The molecule has 1 N–H and O–H groups in total. The molecule has 2 rings (SSSR count). The minimum Gasteiger partial charge on any atom is -0.321 e. The van der Waals surface area contributed by atoms with Crippen LogP contribution in [0.1, 0.15) is 29.4 Å². The molecule has 0 unspecified atom stereocenters. The number of amides is 1. The second-order valence-electron chi connectivity index (χ2n) is 4.70. The fraction of sp³-hybridized carbons (Fsp3) is 0.267. The predicted octanol–water partition coefficient (Wildman–Crippen LogP) is 2.87. The van der Waals surface area contributed by atoms with Gasteiger partial charge in [-0.15, -0.1) is 0 Å². The fourth-order valence-corrected chi connectivity index (χ4v) is 1.99. The van der Waals surface area contributed by atoms with E-state index in [1.165, 1.54) is 16.8 Å². The first-order valence-electron chi connectivity index (χ1n) is 6.67. The number of anilines is 1. The van der Waals surface area contributed by atoms with Gasteiger partial charge in [0.15, 0.2) is 0 Å². The van der Waals surface area contributed by atoms with Crippen LogP contribution in [0, 0.1) is 6.92 Å². The van der Waals surface area contributed by atoms with Crippen LogP contribution in [0.3, 0.4) is 0 Å². The van der Waals surface area contributed by atoms with Crippen LogP contribution in [0.15, 0.2) is 35.1 Å². The van der Waals surface area contributed by atoms with Crippen molar-refractivity contribution in [1.29, 1.82) is 0 Å². The molecule has 1 heterocycles. The lowest BCUT2D eigenvalue weighted by molar-refractivity contribution is 0.102.